The Bertz CT molecular complexity index is 267. The van der Waals surface area contributed by atoms with Crippen LogP contribution in [-0.4, -0.2) is 31.6 Å². The molecule has 3 N–H and O–H groups in total. The Balaban J connectivity index is 2.49. The third kappa shape index (κ3) is 2.47. The van der Waals surface area contributed by atoms with E-state index in [1.165, 1.54) is 7.11 Å². The molecule has 5 heteroatoms. The summed E-state index contributed by atoms with van der Waals surface area (Å²) in [5.41, 5.74) is 5.34. The summed E-state index contributed by atoms with van der Waals surface area (Å²) in [5.74, 6) is -0.601. The molecule has 2 unspecified atom stereocenters. The number of hydrogen-bond acceptors (Lipinski definition) is 4. The maximum atomic E-state index is 11.8. The van der Waals surface area contributed by atoms with Crippen molar-refractivity contribution in [2.75, 3.05) is 13.7 Å². The van der Waals surface area contributed by atoms with Crippen LogP contribution >= 0.6 is 0 Å². The van der Waals surface area contributed by atoms with Crippen molar-refractivity contribution < 1.29 is 14.3 Å². The van der Waals surface area contributed by atoms with E-state index in [9.17, 15) is 9.59 Å². The van der Waals surface area contributed by atoms with Gasteiger partial charge in [0.05, 0.1) is 12.5 Å². The number of carbonyl (C=O) groups excluding carboxylic acids is 2. The van der Waals surface area contributed by atoms with Crippen LogP contribution in [0.5, 0.6) is 0 Å². The summed E-state index contributed by atoms with van der Waals surface area (Å²) in [6.45, 7) is 1.76. The van der Waals surface area contributed by atoms with Gasteiger partial charge in [0, 0.05) is 6.04 Å². The van der Waals surface area contributed by atoms with Crippen molar-refractivity contribution >= 4 is 11.9 Å². The summed E-state index contributed by atoms with van der Waals surface area (Å²) < 4.78 is 4.44. The van der Waals surface area contributed by atoms with Crippen LogP contribution in [0.15, 0.2) is 0 Å². The maximum Gasteiger partial charge on any atom is 0.325 e. The lowest BCUT2D eigenvalue weighted by Crippen LogP contribution is -2.48. The summed E-state index contributed by atoms with van der Waals surface area (Å²) in [6.07, 6.45) is 2.60. The highest BCUT2D eigenvalue weighted by Crippen LogP contribution is 2.36. The molecule has 0 aromatic rings. The number of amides is 1. The van der Waals surface area contributed by atoms with E-state index in [1.807, 2.05) is 6.92 Å². The zero-order valence-electron chi connectivity index (χ0n) is 9.21. The third-order valence-electron chi connectivity index (χ3n) is 3.17. The Morgan fingerprint density at radius 1 is 1.60 bits per heavy atom. The topological polar surface area (TPSA) is 81.4 Å². The van der Waals surface area contributed by atoms with Crippen molar-refractivity contribution in [3.8, 4) is 0 Å². The van der Waals surface area contributed by atoms with E-state index in [1.54, 1.807) is 0 Å². The van der Waals surface area contributed by atoms with Gasteiger partial charge in [0.15, 0.2) is 0 Å². The van der Waals surface area contributed by atoms with Crippen molar-refractivity contribution in [2.24, 2.45) is 11.1 Å². The molecule has 1 fully saturated rings. The summed E-state index contributed by atoms with van der Waals surface area (Å²) in [4.78, 5) is 22.6. The molecule has 0 bridgehead atoms. The Kier molecular flexibility index (Phi) is 3.68. The fourth-order valence-corrected chi connectivity index (χ4v) is 1.90. The van der Waals surface area contributed by atoms with Crippen LogP contribution in [0.25, 0.3) is 0 Å². The molecular weight excluding hydrogens is 196 g/mol. The molecule has 0 heterocycles. The summed E-state index contributed by atoms with van der Waals surface area (Å²) in [6, 6.07) is -0.116. The quantitative estimate of drug-likeness (QED) is 0.637. The average Bonchev–Trinajstić information content (AvgIpc) is 2.56. The molecule has 1 rings (SSSR count). The molecule has 0 saturated heterocycles. The van der Waals surface area contributed by atoms with Crippen molar-refractivity contribution in [1.82, 2.24) is 5.32 Å². The second kappa shape index (κ2) is 4.61. The molecule has 0 aromatic heterocycles. The van der Waals surface area contributed by atoms with Crippen LogP contribution in [0.2, 0.25) is 0 Å². The van der Waals surface area contributed by atoms with E-state index in [0.29, 0.717) is 0 Å². The van der Waals surface area contributed by atoms with Crippen LogP contribution in [-0.2, 0) is 14.3 Å². The monoisotopic (exact) mass is 214 g/mol. The number of carbonyl (C=O) groups is 2. The third-order valence-corrected chi connectivity index (χ3v) is 3.17. The van der Waals surface area contributed by atoms with E-state index < -0.39 is 11.4 Å². The van der Waals surface area contributed by atoms with Gasteiger partial charge in [0.2, 0.25) is 5.91 Å². The molecule has 2 atom stereocenters. The minimum Gasteiger partial charge on any atom is -0.468 e. The Morgan fingerprint density at radius 3 is 2.73 bits per heavy atom. The Labute approximate surface area is 89.3 Å². The van der Waals surface area contributed by atoms with Crippen LogP contribution in [0.3, 0.4) is 0 Å². The van der Waals surface area contributed by atoms with Gasteiger partial charge < -0.3 is 15.8 Å². The van der Waals surface area contributed by atoms with Gasteiger partial charge in [-0.15, -0.1) is 0 Å². The molecule has 5 nitrogen and oxygen atoms in total. The van der Waals surface area contributed by atoms with Crippen LogP contribution in [0, 0.1) is 5.41 Å². The van der Waals surface area contributed by atoms with Crippen molar-refractivity contribution in [3.05, 3.63) is 0 Å². The molecule has 0 aliphatic heterocycles. The first kappa shape index (κ1) is 12.0. The molecule has 0 spiro atoms. The fraction of sp³-hybridized carbons (Fsp3) is 0.800. The highest BCUT2D eigenvalue weighted by atomic mass is 16.5. The minimum atomic E-state index is -0.534. The predicted molar refractivity (Wildman–Crippen MR) is 55.0 cm³/mol. The van der Waals surface area contributed by atoms with Crippen LogP contribution < -0.4 is 11.1 Å². The van der Waals surface area contributed by atoms with E-state index in [-0.39, 0.29) is 18.5 Å². The highest BCUT2D eigenvalue weighted by Gasteiger charge is 2.42. The van der Waals surface area contributed by atoms with E-state index in [2.05, 4.69) is 10.1 Å². The van der Waals surface area contributed by atoms with Crippen molar-refractivity contribution in [3.63, 3.8) is 0 Å². The lowest BCUT2D eigenvalue weighted by atomic mass is 9.84. The van der Waals surface area contributed by atoms with Gasteiger partial charge in [-0.2, -0.15) is 0 Å². The molecule has 1 aliphatic rings. The molecule has 0 radical (unpaired) electrons. The highest BCUT2D eigenvalue weighted by molar-refractivity contribution is 5.86. The predicted octanol–water partition coefficient (Wildman–Crippen LogP) is -0.207. The van der Waals surface area contributed by atoms with E-state index in [4.69, 9.17) is 5.73 Å². The number of esters is 1. The second-order valence-electron chi connectivity index (χ2n) is 4.17. The summed E-state index contributed by atoms with van der Waals surface area (Å²) in [5, 5.41) is 2.55. The minimum absolute atomic E-state index is 0.0857. The van der Waals surface area contributed by atoms with Crippen LogP contribution in [0.1, 0.15) is 26.2 Å². The maximum absolute atomic E-state index is 11.8. The molecule has 1 aliphatic carbocycles. The normalized spacial score (nSPS) is 29.9. The Hall–Kier alpha value is -1.10. The molecule has 1 saturated carbocycles. The Morgan fingerprint density at radius 2 is 2.27 bits per heavy atom. The summed E-state index contributed by atoms with van der Waals surface area (Å²) >= 11 is 0. The van der Waals surface area contributed by atoms with Gasteiger partial charge in [-0.05, 0) is 19.8 Å². The molecule has 0 aromatic carbocycles. The van der Waals surface area contributed by atoms with Gasteiger partial charge in [-0.25, -0.2) is 0 Å². The number of hydrogen-bond donors (Lipinski definition) is 2. The van der Waals surface area contributed by atoms with Gasteiger partial charge in [-0.1, -0.05) is 6.42 Å². The van der Waals surface area contributed by atoms with E-state index >= 15 is 0 Å². The van der Waals surface area contributed by atoms with Gasteiger partial charge in [-0.3, -0.25) is 9.59 Å². The lowest BCUT2D eigenvalue weighted by Gasteiger charge is -2.27. The largest absolute Gasteiger partial charge is 0.468 e. The van der Waals surface area contributed by atoms with Gasteiger partial charge in [0.25, 0.3) is 0 Å². The zero-order valence-corrected chi connectivity index (χ0v) is 9.21. The fourth-order valence-electron chi connectivity index (χ4n) is 1.90. The summed E-state index contributed by atoms with van der Waals surface area (Å²) in [7, 11) is 1.29. The zero-order chi connectivity index (χ0) is 11.5. The molecule has 1 amide bonds. The first-order chi connectivity index (χ1) is 7.00. The van der Waals surface area contributed by atoms with Crippen molar-refractivity contribution in [2.45, 2.75) is 32.2 Å². The van der Waals surface area contributed by atoms with Crippen LogP contribution in [0.4, 0.5) is 0 Å². The number of nitrogens with two attached hydrogens (primary N) is 1. The average molecular weight is 214 g/mol. The first-order valence-electron chi connectivity index (χ1n) is 5.11. The smallest absolute Gasteiger partial charge is 0.325 e. The van der Waals surface area contributed by atoms with E-state index in [0.717, 1.165) is 19.3 Å². The number of rotatable bonds is 3. The standard InChI is InChI=1S/C10H18N2O3/c1-10(5-3-4-7(10)11)9(14)12-6-8(13)15-2/h7H,3-6,11H2,1-2H3,(H,12,14). The second-order valence-corrected chi connectivity index (χ2v) is 4.17. The molecular formula is C10H18N2O3. The molecule has 86 valence electrons. The SMILES string of the molecule is COC(=O)CNC(=O)C1(C)CCCC1N. The first-order valence-corrected chi connectivity index (χ1v) is 5.11. The number of methoxy groups -OCH3 is 1. The molecule has 15 heavy (non-hydrogen) atoms. The van der Waals surface area contributed by atoms with Crippen molar-refractivity contribution in [1.29, 1.82) is 0 Å². The number of ether oxygens (including phenoxy) is 1. The number of nitrogens with one attached hydrogen (secondary N) is 1. The van der Waals surface area contributed by atoms with Gasteiger partial charge in [0.1, 0.15) is 6.54 Å². The lowest BCUT2D eigenvalue weighted by molar-refractivity contribution is -0.142. The van der Waals surface area contributed by atoms with Gasteiger partial charge >= 0.3 is 5.97 Å².